The molecule has 4 atom stereocenters. The zero-order valence-electron chi connectivity index (χ0n) is 16.8. The molecule has 2 aromatic rings. The number of amides is 2. The lowest BCUT2D eigenvalue weighted by atomic mass is 9.77. The van der Waals surface area contributed by atoms with Crippen molar-refractivity contribution in [2.24, 2.45) is 11.8 Å². The summed E-state index contributed by atoms with van der Waals surface area (Å²) in [7, 11) is 1.58. The first-order valence-electron chi connectivity index (χ1n) is 10.2. The van der Waals surface area contributed by atoms with Crippen LogP contribution in [0.1, 0.15) is 5.56 Å². The Morgan fingerprint density at radius 3 is 2.87 bits per heavy atom. The SMILES string of the molecule is COc1cccc(NC(=O)[C@H]2[C@H]3C=C[C@@]4(CN(CCc5ccccc5)C(=O)[C@@H]24)O3)c1. The summed E-state index contributed by atoms with van der Waals surface area (Å²) in [5.41, 5.74) is 1.15. The number of ether oxygens (including phenoxy) is 2. The summed E-state index contributed by atoms with van der Waals surface area (Å²) < 4.78 is 11.4. The summed E-state index contributed by atoms with van der Waals surface area (Å²) in [5.74, 6) is -0.534. The van der Waals surface area contributed by atoms with E-state index in [2.05, 4.69) is 17.4 Å². The highest BCUT2D eigenvalue weighted by atomic mass is 16.5. The van der Waals surface area contributed by atoms with Crippen LogP contribution in [0, 0.1) is 11.8 Å². The summed E-state index contributed by atoms with van der Waals surface area (Å²) in [6, 6.07) is 17.3. The second kappa shape index (κ2) is 7.29. The van der Waals surface area contributed by atoms with Crippen LogP contribution < -0.4 is 10.1 Å². The van der Waals surface area contributed by atoms with Crippen LogP contribution in [0.25, 0.3) is 0 Å². The number of anilines is 1. The fourth-order valence-electron chi connectivity index (χ4n) is 4.90. The molecule has 30 heavy (non-hydrogen) atoms. The van der Waals surface area contributed by atoms with Crippen molar-refractivity contribution in [3.63, 3.8) is 0 Å². The highest BCUT2D eigenvalue weighted by Crippen LogP contribution is 2.52. The lowest BCUT2D eigenvalue weighted by Crippen LogP contribution is -2.41. The molecule has 2 amide bonds. The average Bonchev–Trinajstić information content (AvgIpc) is 3.41. The first kappa shape index (κ1) is 18.9. The molecule has 0 aliphatic carbocycles. The van der Waals surface area contributed by atoms with Crippen LogP contribution in [0.15, 0.2) is 66.7 Å². The van der Waals surface area contributed by atoms with E-state index in [0.29, 0.717) is 24.5 Å². The van der Waals surface area contributed by atoms with Gasteiger partial charge in [-0.2, -0.15) is 0 Å². The van der Waals surface area contributed by atoms with Gasteiger partial charge in [-0.25, -0.2) is 0 Å². The molecule has 1 N–H and O–H groups in total. The Morgan fingerprint density at radius 2 is 2.07 bits per heavy atom. The van der Waals surface area contributed by atoms with Crippen LogP contribution in [0.5, 0.6) is 5.75 Å². The normalized spacial score (nSPS) is 28.6. The molecule has 6 nitrogen and oxygen atoms in total. The molecule has 0 aromatic heterocycles. The molecule has 3 aliphatic rings. The molecule has 3 heterocycles. The maximum Gasteiger partial charge on any atom is 0.231 e. The van der Waals surface area contributed by atoms with E-state index >= 15 is 0 Å². The predicted molar refractivity (Wildman–Crippen MR) is 112 cm³/mol. The monoisotopic (exact) mass is 404 g/mol. The van der Waals surface area contributed by atoms with E-state index in [0.717, 1.165) is 6.42 Å². The molecule has 3 aliphatic heterocycles. The van der Waals surface area contributed by atoms with Crippen LogP contribution >= 0.6 is 0 Å². The third kappa shape index (κ3) is 3.08. The molecule has 2 saturated heterocycles. The van der Waals surface area contributed by atoms with Gasteiger partial charge in [0, 0.05) is 18.3 Å². The molecule has 1 spiro atoms. The van der Waals surface area contributed by atoms with Crippen molar-refractivity contribution in [3.05, 3.63) is 72.3 Å². The third-order valence-corrected chi connectivity index (χ3v) is 6.33. The number of nitrogens with one attached hydrogen (secondary N) is 1. The number of methoxy groups -OCH3 is 1. The summed E-state index contributed by atoms with van der Waals surface area (Å²) in [6.45, 7) is 1.12. The van der Waals surface area contributed by atoms with Gasteiger partial charge in [0.2, 0.25) is 11.8 Å². The van der Waals surface area contributed by atoms with Crippen LogP contribution in [0.4, 0.5) is 5.69 Å². The van der Waals surface area contributed by atoms with Gasteiger partial charge in [-0.3, -0.25) is 9.59 Å². The van der Waals surface area contributed by atoms with Crippen molar-refractivity contribution in [1.82, 2.24) is 4.90 Å². The predicted octanol–water partition coefficient (Wildman–Crippen LogP) is 2.66. The first-order chi connectivity index (χ1) is 14.6. The number of hydrogen-bond donors (Lipinski definition) is 1. The number of carbonyl (C=O) groups is 2. The van der Waals surface area contributed by atoms with Gasteiger partial charge in [-0.05, 0) is 24.1 Å². The van der Waals surface area contributed by atoms with Crippen LogP contribution in [-0.4, -0.2) is 48.6 Å². The summed E-state index contributed by atoms with van der Waals surface area (Å²) in [5, 5.41) is 2.94. The Kier molecular flexibility index (Phi) is 4.59. The van der Waals surface area contributed by atoms with E-state index in [1.165, 1.54) is 5.56 Å². The number of carbonyl (C=O) groups excluding carboxylic acids is 2. The molecule has 2 fully saturated rings. The fraction of sp³-hybridized carbons (Fsp3) is 0.333. The number of benzene rings is 2. The molecule has 2 bridgehead atoms. The summed E-state index contributed by atoms with van der Waals surface area (Å²) in [4.78, 5) is 28.3. The lowest BCUT2D eigenvalue weighted by molar-refractivity contribution is -0.135. The number of nitrogens with zero attached hydrogens (tertiary/aromatic N) is 1. The van der Waals surface area contributed by atoms with Crippen molar-refractivity contribution in [1.29, 1.82) is 0 Å². The average molecular weight is 404 g/mol. The number of hydrogen-bond acceptors (Lipinski definition) is 4. The van der Waals surface area contributed by atoms with E-state index in [1.807, 2.05) is 53.5 Å². The van der Waals surface area contributed by atoms with Crippen LogP contribution in [-0.2, 0) is 20.7 Å². The van der Waals surface area contributed by atoms with E-state index in [-0.39, 0.29) is 17.9 Å². The molecule has 5 rings (SSSR count). The minimum Gasteiger partial charge on any atom is -0.497 e. The Balaban J connectivity index is 1.32. The van der Waals surface area contributed by atoms with E-state index in [9.17, 15) is 9.59 Å². The van der Waals surface area contributed by atoms with Gasteiger partial charge in [0.05, 0.1) is 31.6 Å². The Morgan fingerprint density at radius 1 is 1.23 bits per heavy atom. The van der Waals surface area contributed by atoms with Gasteiger partial charge < -0.3 is 19.7 Å². The maximum absolute atomic E-state index is 13.3. The van der Waals surface area contributed by atoms with Crippen LogP contribution in [0.3, 0.4) is 0 Å². The lowest BCUT2D eigenvalue weighted by Gasteiger charge is -2.23. The topological polar surface area (TPSA) is 67.9 Å². The Hall–Kier alpha value is -3.12. The minimum atomic E-state index is -0.686. The highest BCUT2D eigenvalue weighted by Gasteiger charge is 2.66. The van der Waals surface area contributed by atoms with Gasteiger partial charge in [0.15, 0.2) is 0 Å². The van der Waals surface area contributed by atoms with Crippen molar-refractivity contribution >= 4 is 17.5 Å². The molecule has 0 saturated carbocycles. The quantitative estimate of drug-likeness (QED) is 0.752. The van der Waals surface area contributed by atoms with Crippen molar-refractivity contribution in [2.45, 2.75) is 18.1 Å². The number of fused-ring (bicyclic) bond motifs is 1. The Labute approximate surface area is 175 Å². The zero-order chi connectivity index (χ0) is 20.7. The van der Waals surface area contributed by atoms with Gasteiger partial charge in [0.1, 0.15) is 11.4 Å². The standard InChI is InChI=1S/C24H24N2O4/c1-29-18-9-5-8-17(14-18)25-22(27)20-19-10-12-24(30-19)15-26(23(28)21(20)24)13-11-16-6-3-2-4-7-16/h2-10,12,14,19-21H,11,13,15H2,1H3,(H,25,27)/t19-,20+,21-,24+/m1/s1. The van der Waals surface area contributed by atoms with Crippen molar-refractivity contribution < 1.29 is 19.1 Å². The van der Waals surface area contributed by atoms with Gasteiger partial charge in [0.25, 0.3) is 0 Å². The third-order valence-electron chi connectivity index (χ3n) is 6.33. The molecular formula is C24H24N2O4. The van der Waals surface area contributed by atoms with Gasteiger partial charge in [-0.1, -0.05) is 48.6 Å². The van der Waals surface area contributed by atoms with Crippen LogP contribution in [0.2, 0.25) is 0 Å². The molecule has 0 radical (unpaired) electrons. The smallest absolute Gasteiger partial charge is 0.231 e. The van der Waals surface area contributed by atoms with Crippen molar-refractivity contribution in [2.75, 3.05) is 25.5 Å². The highest BCUT2D eigenvalue weighted by molar-refractivity contribution is 5.99. The van der Waals surface area contributed by atoms with Crippen molar-refractivity contribution in [3.8, 4) is 5.75 Å². The second-order valence-corrected chi connectivity index (χ2v) is 8.12. The van der Waals surface area contributed by atoms with E-state index in [1.54, 1.807) is 13.2 Å². The van der Waals surface area contributed by atoms with Gasteiger partial charge >= 0.3 is 0 Å². The maximum atomic E-state index is 13.3. The summed E-state index contributed by atoms with van der Waals surface area (Å²) >= 11 is 0. The largest absolute Gasteiger partial charge is 0.497 e. The molecule has 6 heteroatoms. The second-order valence-electron chi connectivity index (χ2n) is 8.12. The summed E-state index contributed by atoms with van der Waals surface area (Å²) in [6.07, 6.45) is 4.34. The van der Waals surface area contributed by atoms with E-state index < -0.39 is 17.4 Å². The fourth-order valence-corrected chi connectivity index (χ4v) is 4.90. The molecule has 0 unspecified atom stereocenters. The number of rotatable bonds is 6. The minimum absolute atomic E-state index is 0.00331. The molecule has 154 valence electrons. The Bertz CT molecular complexity index is 1010. The molecular weight excluding hydrogens is 380 g/mol. The zero-order valence-corrected chi connectivity index (χ0v) is 16.8. The molecule has 2 aromatic carbocycles. The van der Waals surface area contributed by atoms with E-state index in [4.69, 9.17) is 9.47 Å². The number of likely N-dealkylation sites (tertiary alicyclic amines) is 1. The van der Waals surface area contributed by atoms with Gasteiger partial charge in [-0.15, -0.1) is 0 Å². The first-order valence-corrected chi connectivity index (χ1v) is 10.2.